The number of aryl methyl sites for hydroxylation is 1. The van der Waals surface area contributed by atoms with Crippen molar-refractivity contribution in [1.29, 1.82) is 0 Å². The average molecular weight is 395 g/mol. The van der Waals surface area contributed by atoms with E-state index in [1.54, 1.807) is 28.4 Å². The van der Waals surface area contributed by atoms with E-state index in [1.807, 2.05) is 11.4 Å². The van der Waals surface area contributed by atoms with E-state index in [-0.39, 0.29) is 24.1 Å². The van der Waals surface area contributed by atoms with Gasteiger partial charge in [0.1, 0.15) is 12.3 Å². The van der Waals surface area contributed by atoms with Gasteiger partial charge in [0.25, 0.3) is 0 Å². The third kappa shape index (κ3) is 3.56. The van der Waals surface area contributed by atoms with Gasteiger partial charge in [-0.15, -0.1) is 11.3 Å². The molecule has 2 aromatic rings. The summed E-state index contributed by atoms with van der Waals surface area (Å²) in [6.45, 7) is -0.0284. The van der Waals surface area contributed by atoms with E-state index in [0.717, 1.165) is 23.4 Å². The van der Waals surface area contributed by atoms with Gasteiger partial charge in [0.2, 0.25) is 11.8 Å². The summed E-state index contributed by atoms with van der Waals surface area (Å²) < 4.78 is 0.557. The van der Waals surface area contributed by atoms with E-state index in [4.69, 9.17) is 0 Å². The van der Waals surface area contributed by atoms with Crippen molar-refractivity contribution in [2.75, 3.05) is 16.8 Å². The molecule has 0 fully saturated rings. The summed E-state index contributed by atoms with van der Waals surface area (Å²) in [5.74, 6) is -0.274. The maximum absolute atomic E-state index is 12.3. The van der Waals surface area contributed by atoms with Crippen LogP contribution in [0.3, 0.4) is 0 Å². The number of aromatic hydroxyl groups is 1. The second kappa shape index (κ2) is 6.72. The lowest BCUT2D eigenvalue weighted by atomic mass is 10.2. The van der Waals surface area contributed by atoms with Gasteiger partial charge in [-0.25, -0.2) is 0 Å². The number of carbonyl (C=O) groups excluding carboxylic acids is 2. The van der Waals surface area contributed by atoms with Crippen LogP contribution in [-0.2, 0) is 16.0 Å². The van der Waals surface area contributed by atoms with E-state index >= 15 is 0 Å². The molecule has 0 radical (unpaired) electrons. The van der Waals surface area contributed by atoms with Crippen LogP contribution >= 0.6 is 27.3 Å². The fraction of sp³-hybridized carbons (Fsp3) is 0.250. The van der Waals surface area contributed by atoms with E-state index in [0.29, 0.717) is 16.6 Å². The Morgan fingerprint density at radius 1 is 1.35 bits per heavy atom. The van der Waals surface area contributed by atoms with Crippen LogP contribution < -0.4 is 10.2 Å². The molecule has 0 spiro atoms. The largest absolute Gasteiger partial charge is 0.507 e. The summed E-state index contributed by atoms with van der Waals surface area (Å²) in [5.41, 5.74) is 1.33. The maximum Gasteiger partial charge on any atom is 0.244 e. The number of hydrogen-bond acceptors (Lipinski definition) is 4. The number of anilines is 2. The molecule has 120 valence electrons. The van der Waals surface area contributed by atoms with Crippen molar-refractivity contribution in [2.45, 2.75) is 19.3 Å². The average Bonchev–Trinajstić information content (AvgIpc) is 2.91. The van der Waals surface area contributed by atoms with Crippen LogP contribution in [0.2, 0.25) is 0 Å². The number of benzene rings is 1. The van der Waals surface area contributed by atoms with Gasteiger partial charge >= 0.3 is 0 Å². The Labute approximate surface area is 146 Å². The molecular formula is C16H15BrN2O3S. The highest BCUT2D eigenvalue weighted by Crippen LogP contribution is 2.31. The third-order valence-corrected chi connectivity index (χ3v) is 5.28. The highest BCUT2D eigenvalue weighted by atomic mass is 79.9. The first-order valence-electron chi connectivity index (χ1n) is 7.19. The van der Waals surface area contributed by atoms with Gasteiger partial charge < -0.3 is 15.3 Å². The standard InChI is InChI=1S/C16H15BrN2O3S/c17-11-5-4-10(8-13(11)20)18-15(21)9-19-12-6-7-23-14(12)2-1-3-16(19)22/h4-8,20H,1-3,9H2,(H,18,21). The number of rotatable bonds is 3. The monoisotopic (exact) mass is 394 g/mol. The second-order valence-corrected chi connectivity index (χ2v) is 7.13. The molecule has 2 heterocycles. The molecule has 0 saturated heterocycles. The minimum absolute atomic E-state index is 0.0284. The zero-order valence-corrected chi connectivity index (χ0v) is 14.6. The van der Waals surface area contributed by atoms with Gasteiger partial charge in [-0.1, -0.05) is 0 Å². The lowest BCUT2D eigenvalue weighted by Gasteiger charge is -2.20. The number of nitrogens with one attached hydrogen (secondary N) is 1. The van der Waals surface area contributed by atoms with Crippen molar-refractivity contribution < 1.29 is 14.7 Å². The topological polar surface area (TPSA) is 69.6 Å². The van der Waals surface area contributed by atoms with E-state index in [1.165, 1.54) is 6.07 Å². The Morgan fingerprint density at radius 3 is 2.96 bits per heavy atom. The van der Waals surface area contributed by atoms with Gasteiger partial charge in [-0.05, 0) is 52.4 Å². The second-order valence-electron chi connectivity index (χ2n) is 5.28. The number of fused-ring (bicyclic) bond motifs is 1. The summed E-state index contributed by atoms with van der Waals surface area (Å²) in [6, 6.07) is 6.69. The molecule has 1 aliphatic heterocycles. The number of phenolic OH excluding ortho intramolecular Hbond substituents is 1. The summed E-state index contributed by atoms with van der Waals surface area (Å²) in [4.78, 5) is 27.2. The molecule has 0 saturated carbocycles. The number of hydrogen-bond donors (Lipinski definition) is 2. The third-order valence-electron chi connectivity index (χ3n) is 3.64. The number of thiophene rings is 1. The number of halogens is 1. The van der Waals surface area contributed by atoms with Crippen LogP contribution in [0, 0.1) is 0 Å². The van der Waals surface area contributed by atoms with Gasteiger partial charge in [0.05, 0.1) is 10.2 Å². The van der Waals surface area contributed by atoms with Gasteiger partial charge in [-0.2, -0.15) is 0 Å². The molecule has 2 amide bonds. The van der Waals surface area contributed by atoms with Crippen LogP contribution in [0.4, 0.5) is 11.4 Å². The lowest BCUT2D eigenvalue weighted by Crippen LogP contribution is -2.37. The lowest BCUT2D eigenvalue weighted by molar-refractivity contribution is -0.121. The summed E-state index contributed by atoms with van der Waals surface area (Å²) in [7, 11) is 0. The van der Waals surface area contributed by atoms with Crippen molar-refractivity contribution in [2.24, 2.45) is 0 Å². The summed E-state index contributed by atoms with van der Waals surface area (Å²) in [6.07, 6.45) is 2.14. The molecule has 2 N–H and O–H groups in total. The SMILES string of the molecule is O=C(CN1C(=O)CCCc2sccc21)Nc1ccc(Br)c(O)c1. The molecule has 0 unspecified atom stereocenters. The fourth-order valence-corrected chi connectivity index (χ4v) is 3.71. The highest BCUT2D eigenvalue weighted by Gasteiger charge is 2.25. The van der Waals surface area contributed by atoms with Gasteiger partial charge in [0, 0.05) is 23.1 Å². The first-order chi connectivity index (χ1) is 11.0. The van der Waals surface area contributed by atoms with Gasteiger partial charge in [-0.3, -0.25) is 9.59 Å². The Hall–Kier alpha value is -1.86. The molecule has 0 aliphatic carbocycles. The quantitative estimate of drug-likeness (QED) is 0.836. The molecule has 3 rings (SSSR count). The Morgan fingerprint density at radius 2 is 2.17 bits per heavy atom. The maximum atomic E-state index is 12.3. The minimum atomic E-state index is -0.292. The Balaban J connectivity index is 1.74. The van der Waals surface area contributed by atoms with E-state index in [2.05, 4.69) is 21.2 Å². The smallest absolute Gasteiger partial charge is 0.244 e. The number of phenols is 1. The minimum Gasteiger partial charge on any atom is -0.507 e. The van der Waals surface area contributed by atoms with Crippen molar-refractivity contribution in [3.63, 3.8) is 0 Å². The van der Waals surface area contributed by atoms with Gasteiger partial charge in [0.15, 0.2) is 0 Å². The highest BCUT2D eigenvalue weighted by molar-refractivity contribution is 9.10. The Kier molecular flexibility index (Phi) is 4.68. The predicted octanol–water partition coefficient (Wildman–Crippen LogP) is 3.52. The normalized spacial score (nSPS) is 14.3. The van der Waals surface area contributed by atoms with Crippen LogP contribution in [0.1, 0.15) is 17.7 Å². The molecule has 0 atom stereocenters. The van der Waals surface area contributed by atoms with E-state index < -0.39 is 0 Å². The molecular weight excluding hydrogens is 380 g/mol. The molecule has 1 aromatic heterocycles. The molecule has 1 aliphatic rings. The van der Waals surface area contributed by atoms with Crippen molar-refractivity contribution in [3.8, 4) is 5.75 Å². The fourth-order valence-electron chi connectivity index (χ4n) is 2.54. The van der Waals surface area contributed by atoms with Crippen LogP contribution in [0.5, 0.6) is 5.75 Å². The van der Waals surface area contributed by atoms with Crippen LogP contribution in [-0.4, -0.2) is 23.5 Å². The zero-order chi connectivity index (χ0) is 16.4. The number of nitrogens with zero attached hydrogens (tertiary/aromatic N) is 1. The molecule has 7 heteroatoms. The summed E-state index contributed by atoms with van der Waals surface area (Å²) >= 11 is 4.81. The van der Waals surface area contributed by atoms with E-state index in [9.17, 15) is 14.7 Å². The van der Waals surface area contributed by atoms with Crippen molar-refractivity contribution >= 4 is 50.5 Å². The number of carbonyl (C=O) groups is 2. The van der Waals surface area contributed by atoms with Crippen LogP contribution in [0.25, 0.3) is 0 Å². The molecule has 5 nitrogen and oxygen atoms in total. The first-order valence-corrected chi connectivity index (χ1v) is 8.87. The van der Waals surface area contributed by atoms with Crippen molar-refractivity contribution in [1.82, 2.24) is 0 Å². The Bertz CT molecular complexity index is 760. The number of amides is 2. The zero-order valence-electron chi connectivity index (χ0n) is 12.2. The van der Waals surface area contributed by atoms with Crippen molar-refractivity contribution in [3.05, 3.63) is 39.0 Å². The van der Waals surface area contributed by atoms with Crippen LogP contribution in [0.15, 0.2) is 34.1 Å². The first kappa shape index (κ1) is 16.0. The predicted molar refractivity (Wildman–Crippen MR) is 94.0 cm³/mol. The summed E-state index contributed by atoms with van der Waals surface area (Å²) in [5, 5.41) is 14.3. The molecule has 0 bridgehead atoms. The molecule has 1 aromatic carbocycles. The molecule has 23 heavy (non-hydrogen) atoms.